The Hall–Kier alpha value is -2.94. The first kappa shape index (κ1) is 25.2. The normalized spacial score (nSPS) is 18.9. The minimum Gasteiger partial charge on any atom is -0.370 e. The number of hydrogen-bond donors (Lipinski definition) is 3. The van der Waals surface area contributed by atoms with Crippen molar-refractivity contribution in [1.82, 2.24) is 10.6 Å². The third kappa shape index (κ3) is 6.20. The summed E-state index contributed by atoms with van der Waals surface area (Å²) >= 11 is 6.52. The number of nitrogens with one attached hydrogen (secondary N) is 3. The first-order chi connectivity index (χ1) is 16.6. The lowest BCUT2D eigenvalue weighted by Gasteiger charge is -2.35. The van der Waals surface area contributed by atoms with E-state index in [0.29, 0.717) is 31.2 Å². The predicted octanol–water partition coefficient (Wildman–Crippen LogP) is 4.92. The molecule has 0 saturated carbocycles. The monoisotopic (exact) mass is 508 g/mol. The fourth-order valence-corrected chi connectivity index (χ4v) is 4.76. The van der Waals surface area contributed by atoms with E-state index in [1.807, 2.05) is 42.2 Å². The van der Waals surface area contributed by atoms with E-state index in [2.05, 4.69) is 16.0 Å². The van der Waals surface area contributed by atoms with Gasteiger partial charge < -0.3 is 20.9 Å². The fraction of sp³-hybridized carbons (Fsp3) is 0.440. The number of amides is 2. The van der Waals surface area contributed by atoms with Crippen LogP contribution in [0.3, 0.4) is 0 Å². The van der Waals surface area contributed by atoms with Gasteiger partial charge in [-0.05, 0) is 55.2 Å². The molecule has 2 aliphatic rings. The van der Waals surface area contributed by atoms with Gasteiger partial charge in [0.05, 0.1) is 22.5 Å². The van der Waals surface area contributed by atoms with E-state index in [-0.39, 0.29) is 37.0 Å². The number of piperidine rings is 1. The Labute approximate surface area is 207 Å². The number of aryl methyl sites for hydroxylation is 1. The summed E-state index contributed by atoms with van der Waals surface area (Å²) in [5.41, 5.74) is 4.25. The van der Waals surface area contributed by atoms with Gasteiger partial charge in [0, 0.05) is 44.0 Å². The molecular weight excluding hydrogens is 481 g/mol. The van der Waals surface area contributed by atoms with Crippen LogP contribution in [0.5, 0.6) is 0 Å². The van der Waals surface area contributed by atoms with Crippen LogP contribution in [0.15, 0.2) is 36.4 Å². The van der Waals surface area contributed by atoms with E-state index in [9.17, 15) is 22.8 Å². The van der Waals surface area contributed by atoms with E-state index in [1.54, 1.807) is 6.07 Å². The third-order valence-electron chi connectivity index (χ3n) is 6.64. The van der Waals surface area contributed by atoms with Crippen molar-refractivity contribution in [3.63, 3.8) is 0 Å². The SMILES string of the molecule is Cc1cc(N2CCC(C(F)(F)F)CC2)c(Cl)cc1Nc1ccc(CNC(=O)C2CNC(=O)C2)cc1. The van der Waals surface area contributed by atoms with Crippen molar-refractivity contribution < 1.29 is 22.8 Å². The Morgan fingerprint density at radius 1 is 1.17 bits per heavy atom. The topological polar surface area (TPSA) is 73.5 Å². The van der Waals surface area contributed by atoms with Gasteiger partial charge in [-0.15, -0.1) is 0 Å². The predicted molar refractivity (Wildman–Crippen MR) is 130 cm³/mol. The number of halogens is 4. The van der Waals surface area contributed by atoms with Crippen molar-refractivity contribution in [3.05, 3.63) is 52.5 Å². The Kier molecular flexibility index (Phi) is 7.44. The molecule has 0 spiro atoms. The minimum absolute atomic E-state index is 0.0708. The molecule has 6 nitrogen and oxygen atoms in total. The summed E-state index contributed by atoms with van der Waals surface area (Å²) in [5, 5.41) is 9.33. The van der Waals surface area contributed by atoms with Gasteiger partial charge >= 0.3 is 6.18 Å². The fourth-order valence-electron chi connectivity index (χ4n) is 4.48. The van der Waals surface area contributed by atoms with Crippen molar-refractivity contribution in [2.75, 3.05) is 29.9 Å². The van der Waals surface area contributed by atoms with Crippen molar-refractivity contribution in [1.29, 1.82) is 0 Å². The van der Waals surface area contributed by atoms with Crippen LogP contribution in [-0.4, -0.2) is 37.6 Å². The van der Waals surface area contributed by atoms with Crippen LogP contribution >= 0.6 is 11.6 Å². The highest BCUT2D eigenvalue weighted by Gasteiger charge is 2.41. The third-order valence-corrected chi connectivity index (χ3v) is 6.94. The lowest BCUT2D eigenvalue weighted by atomic mass is 9.95. The maximum absolute atomic E-state index is 13.0. The molecule has 2 saturated heterocycles. The molecule has 4 rings (SSSR count). The van der Waals surface area contributed by atoms with Crippen LogP contribution in [-0.2, 0) is 16.1 Å². The molecule has 2 fully saturated rings. The summed E-state index contributed by atoms with van der Waals surface area (Å²) < 4.78 is 38.9. The van der Waals surface area contributed by atoms with Gasteiger partial charge in [-0.2, -0.15) is 13.2 Å². The van der Waals surface area contributed by atoms with E-state index >= 15 is 0 Å². The molecule has 0 radical (unpaired) electrons. The molecule has 0 aromatic heterocycles. The molecule has 2 aromatic carbocycles. The molecule has 2 aliphatic heterocycles. The number of rotatable bonds is 6. The van der Waals surface area contributed by atoms with Crippen molar-refractivity contribution >= 4 is 40.5 Å². The molecule has 35 heavy (non-hydrogen) atoms. The first-order valence-corrected chi connectivity index (χ1v) is 12.0. The van der Waals surface area contributed by atoms with Gasteiger partial charge in [-0.3, -0.25) is 9.59 Å². The van der Waals surface area contributed by atoms with E-state index < -0.39 is 12.1 Å². The Morgan fingerprint density at radius 2 is 1.86 bits per heavy atom. The molecular formula is C25H28ClF3N4O2. The maximum Gasteiger partial charge on any atom is 0.391 e. The second-order valence-corrected chi connectivity index (χ2v) is 9.57. The lowest BCUT2D eigenvalue weighted by Crippen LogP contribution is -2.39. The Morgan fingerprint density at radius 3 is 2.46 bits per heavy atom. The number of carbonyl (C=O) groups excluding carboxylic acids is 2. The van der Waals surface area contributed by atoms with Crippen LogP contribution in [0.4, 0.5) is 30.2 Å². The van der Waals surface area contributed by atoms with Crippen LogP contribution in [0, 0.1) is 18.8 Å². The molecule has 0 aliphatic carbocycles. The number of hydrogen-bond acceptors (Lipinski definition) is 4. The van der Waals surface area contributed by atoms with Gasteiger partial charge in [0.2, 0.25) is 11.8 Å². The molecule has 2 heterocycles. The van der Waals surface area contributed by atoms with Crippen molar-refractivity contribution in [3.8, 4) is 0 Å². The Bertz CT molecular complexity index is 1080. The number of anilines is 3. The summed E-state index contributed by atoms with van der Waals surface area (Å²) in [6.45, 7) is 3.31. The zero-order chi connectivity index (χ0) is 25.2. The van der Waals surface area contributed by atoms with E-state index in [4.69, 9.17) is 11.6 Å². The van der Waals surface area contributed by atoms with Crippen LogP contribution in [0.25, 0.3) is 0 Å². The highest BCUT2D eigenvalue weighted by atomic mass is 35.5. The van der Waals surface area contributed by atoms with Crippen LogP contribution in [0.2, 0.25) is 5.02 Å². The molecule has 2 amide bonds. The van der Waals surface area contributed by atoms with Crippen molar-refractivity contribution in [2.24, 2.45) is 11.8 Å². The zero-order valence-electron chi connectivity index (χ0n) is 19.3. The van der Waals surface area contributed by atoms with Gasteiger partial charge in [0.15, 0.2) is 0 Å². The number of alkyl halides is 3. The average molecular weight is 509 g/mol. The smallest absolute Gasteiger partial charge is 0.370 e. The Balaban J connectivity index is 1.34. The van der Waals surface area contributed by atoms with E-state index in [0.717, 1.165) is 28.2 Å². The molecule has 10 heteroatoms. The molecule has 188 valence electrons. The molecule has 2 aromatic rings. The summed E-state index contributed by atoms with van der Waals surface area (Å²) in [6, 6.07) is 11.3. The number of nitrogens with zero attached hydrogens (tertiary/aromatic N) is 1. The second kappa shape index (κ2) is 10.4. The summed E-state index contributed by atoms with van der Waals surface area (Å²) in [6.07, 6.45) is -3.78. The van der Waals surface area contributed by atoms with Gasteiger partial charge in [0.25, 0.3) is 0 Å². The minimum atomic E-state index is -4.14. The highest BCUT2D eigenvalue weighted by Crippen LogP contribution is 2.39. The van der Waals surface area contributed by atoms with Gasteiger partial charge in [0.1, 0.15) is 0 Å². The van der Waals surface area contributed by atoms with Crippen LogP contribution < -0.4 is 20.9 Å². The summed E-state index contributed by atoms with van der Waals surface area (Å²) in [5.74, 6) is -1.82. The summed E-state index contributed by atoms with van der Waals surface area (Å²) in [4.78, 5) is 25.3. The highest BCUT2D eigenvalue weighted by molar-refractivity contribution is 6.33. The maximum atomic E-state index is 13.0. The average Bonchev–Trinajstić information content (AvgIpc) is 3.26. The summed E-state index contributed by atoms with van der Waals surface area (Å²) in [7, 11) is 0. The van der Waals surface area contributed by atoms with Gasteiger partial charge in [-0.25, -0.2) is 0 Å². The van der Waals surface area contributed by atoms with Crippen LogP contribution in [0.1, 0.15) is 30.4 Å². The molecule has 1 unspecified atom stereocenters. The van der Waals surface area contributed by atoms with Gasteiger partial charge in [-0.1, -0.05) is 23.7 Å². The molecule has 1 atom stereocenters. The first-order valence-electron chi connectivity index (χ1n) is 11.6. The molecule has 3 N–H and O–H groups in total. The number of carbonyl (C=O) groups is 2. The molecule has 0 bridgehead atoms. The van der Waals surface area contributed by atoms with E-state index in [1.165, 1.54) is 0 Å². The lowest BCUT2D eigenvalue weighted by molar-refractivity contribution is -0.179. The second-order valence-electron chi connectivity index (χ2n) is 9.17. The quantitative estimate of drug-likeness (QED) is 0.517. The number of benzene rings is 2. The van der Waals surface area contributed by atoms with Crippen molar-refractivity contribution in [2.45, 2.75) is 38.9 Å². The standard InChI is InChI=1S/C25H28ClF3N4O2/c1-15-10-22(33-8-6-18(7-9-33)25(27,28)29)20(26)12-21(15)32-19-4-2-16(3-5-19)13-31-24(35)17-11-23(34)30-14-17/h2-5,10,12,17-18,32H,6-9,11,13-14H2,1H3,(H,30,34)(H,31,35). The largest absolute Gasteiger partial charge is 0.391 e. The zero-order valence-corrected chi connectivity index (χ0v) is 20.1.